The normalized spacial score (nSPS) is 10.2. The van der Waals surface area contributed by atoms with Crippen LogP contribution in [0.25, 0.3) is 0 Å². The van der Waals surface area contributed by atoms with Gasteiger partial charge in [-0.05, 0) is 30.7 Å². The molecule has 6 nitrogen and oxygen atoms in total. The quantitative estimate of drug-likeness (QED) is 0.628. The lowest BCUT2D eigenvalue weighted by Crippen LogP contribution is -2.07. The van der Waals surface area contributed by atoms with Crippen LogP contribution >= 0.6 is 11.6 Å². The van der Waals surface area contributed by atoms with E-state index in [-0.39, 0.29) is 11.5 Å². The molecule has 2 N–H and O–H groups in total. The number of anilines is 2. The van der Waals surface area contributed by atoms with E-state index in [9.17, 15) is 10.1 Å². The van der Waals surface area contributed by atoms with Crippen LogP contribution < -0.4 is 10.6 Å². The number of hydrogen-bond donors (Lipinski definition) is 2. The highest BCUT2D eigenvalue weighted by atomic mass is 35.5. The summed E-state index contributed by atoms with van der Waals surface area (Å²) in [6.07, 6.45) is 0. The third kappa shape index (κ3) is 4.06. The van der Waals surface area contributed by atoms with Crippen molar-refractivity contribution in [1.82, 2.24) is 4.98 Å². The van der Waals surface area contributed by atoms with Gasteiger partial charge in [0.25, 0.3) is 0 Å². The Morgan fingerprint density at radius 2 is 2.10 bits per heavy atom. The molecule has 110 valence electrons. The van der Waals surface area contributed by atoms with Gasteiger partial charge in [-0.2, -0.15) is 0 Å². The van der Waals surface area contributed by atoms with Crippen LogP contribution in [-0.4, -0.2) is 16.5 Å². The zero-order chi connectivity index (χ0) is 15.2. The summed E-state index contributed by atoms with van der Waals surface area (Å²) in [5.74, 6) is 0.829. The van der Waals surface area contributed by atoms with Gasteiger partial charge in [0.2, 0.25) is 5.82 Å². The minimum absolute atomic E-state index is 0.0568. The van der Waals surface area contributed by atoms with E-state index in [0.717, 1.165) is 5.56 Å². The van der Waals surface area contributed by atoms with Gasteiger partial charge in [0.05, 0.1) is 4.92 Å². The van der Waals surface area contributed by atoms with Crippen LogP contribution in [0.1, 0.15) is 12.5 Å². The number of benzene rings is 1. The predicted octanol–water partition coefficient (Wildman–Crippen LogP) is 3.69. The van der Waals surface area contributed by atoms with Crippen molar-refractivity contribution in [2.75, 3.05) is 17.2 Å². The average molecular weight is 307 g/mol. The SMILES string of the molecule is CCNc1ccc([N+](=O)[O-])c(NCc2cccc(Cl)c2)n1. The molecule has 0 unspecified atom stereocenters. The van der Waals surface area contributed by atoms with E-state index >= 15 is 0 Å². The minimum Gasteiger partial charge on any atom is -0.370 e. The first-order chi connectivity index (χ1) is 10.1. The highest BCUT2D eigenvalue weighted by molar-refractivity contribution is 6.30. The first-order valence-electron chi connectivity index (χ1n) is 6.47. The molecule has 0 aliphatic carbocycles. The number of nitro groups is 1. The van der Waals surface area contributed by atoms with Gasteiger partial charge in [0.15, 0.2) is 0 Å². The largest absolute Gasteiger partial charge is 0.370 e. The van der Waals surface area contributed by atoms with Crippen LogP contribution in [0.5, 0.6) is 0 Å². The van der Waals surface area contributed by atoms with Gasteiger partial charge in [-0.3, -0.25) is 10.1 Å². The van der Waals surface area contributed by atoms with Crippen LogP contribution in [-0.2, 0) is 6.54 Å². The molecule has 21 heavy (non-hydrogen) atoms. The molecule has 0 fully saturated rings. The van der Waals surface area contributed by atoms with Crippen LogP contribution in [0.3, 0.4) is 0 Å². The van der Waals surface area contributed by atoms with Crippen molar-refractivity contribution in [1.29, 1.82) is 0 Å². The molecule has 0 saturated carbocycles. The highest BCUT2D eigenvalue weighted by Gasteiger charge is 2.15. The van der Waals surface area contributed by atoms with Crippen LogP contribution in [0.2, 0.25) is 5.02 Å². The second-order valence-corrected chi connectivity index (χ2v) is 4.77. The Hall–Kier alpha value is -2.34. The molecule has 0 saturated heterocycles. The summed E-state index contributed by atoms with van der Waals surface area (Å²) in [7, 11) is 0. The topological polar surface area (TPSA) is 80.1 Å². The van der Waals surface area contributed by atoms with Gasteiger partial charge in [0.1, 0.15) is 5.82 Å². The molecule has 0 atom stereocenters. The Labute approximate surface area is 127 Å². The lowest BCUT2D eigenvalue weighted by molar-refractivity contribution is -0.384. The molecule has 0 radical (unpaired) electrons. The second kappa shape index (κ2) is 6.90. The van der Waals surface area contributed by atoms with Crippen LogP contribution in [0, 0.1) is 10.1 Å². The van der Waals surface area contributed by atoms with E-state index in [4.69, 9.17) is 11.6 Å². The zero-order valence-electron chi connectivity index (χ0n) is 11.5. The average Bonchev–Trinajstić information content (AvgIpc) is 2.45. The van der Waals surface area contributed by atoms with Gasteiger partial charge >= 0.3 is 5.69 Å². The molecular formula is C14H15ClN4O2. The minimum atomic E-state index is -0.455. The van der Waals surface area contributed by atoms with Gasteiger partial charge in [-0.25, -0.2) is 4.98 Å². The second-order valence-electron chi connectivity index (χ2n) is 4.34. The molecule has 2 rings (SSSR count). The number of pyridine rings is 1. The maximum atomic E-state index is 11.0. The molecule has 2 aromatic rings. The van der Waals surface area contributed by atoms with E-state index in [1.807, 2.05) is 19.1 Å². The summed E-state index contributed by atoms with van der Waals surface area (Å²) in [5, 5.41) is 17.7. The van der Waals surface area contributed by atoms with E-state index in [1.165, 1.54) is 6.07 Å². The van der Waals surface area contributed by atoms with Crippen LogP contribution in [0.15, 0.2) is 36.4 Å². The number of rotatable bonds is 6. The van der Waals surface area contributed by atoms with Crippen molar-refractivity contribution in [3.8, 4) is 0 Å². The lowest BCUT2D eigenvalue weighted by atomic mass is 10.2. The number of halogens is 1. The third-order valence-electron chi connectivity index (χ3n) is 2.78. The first-order valence-corrected chi connectivity index (χ1v) is 6.85. The monoisotopic (exact) mass is 306 g/mol. The molecule has 0 amide bonds. The molecule has 0 aliphatic heterocycles. The number of nitrogens with one attached hydrogen (secondary N) is 2. The molecule has 1 aromatic carbocycles. The van der Waals surface area contributed by atoms with Gasteiger partial charge in [-0.1, -0.05) is 23.7 Å². The summed E-state index contributed by atoms with van der Waals surface area (Å²) in [4.78, 5) is 14.8. The number of nitrogens with zero attached hydrogens (tertiary/aromatic N) is 2. The van der Waals surface area contributed by atoms with Crippen molar-refractivity contribution in [3.63, 3.8) is 0 Å². The Kier molecular flexibility index (Phi) is 4.94. The van der Waals surface area contributed by atoms with Crippen molar-refractivity contribution in [2.45, 2.75) is 13.5 Å². The molecule has 0 aliphatic rings. The van der Waals surface area contributed by atoms with E-state index in [2.05, 4.69) is 15.6 Å². The Balaban J connectivity index is 2.20. The Morgan fingerprint density at radius 1 is 1.29 bits per heavy atom. The predicted molar refractivity (Wildman–Crippen MR) is 83.8 cm³/mol. The molecule has 0 bridgehead atoms. The fourth-order valence-corrected chi connectivity index (χ4v) is 2.05. The van der Waals surface area contributed by atoms with Gasteiger partial charge in [-0.15, -0.1) is 0 Å². The maximum Gasteiger partial charge on any atom is 0.311 e. The number of aromatic nitrogens is 1. The fourth-order valence-electron chi connectivity index (χ4n) is 1.84. The van der Waals surface area contributed by atoms with E-state index in [0.29, 0.717) is 23.9 Å². The maximum absolute atomic E-state index is 11.0. The summed E-state index contributed by atoms with van der Waals surface area (Å²) >= 11 is 5.91. The molecule has 7 heteroatoms. The van der Waals surface area contributed by atoms with Gasteiger partial charge in [0, 0.05) is 24.2 Å². The Morgan fingerprint density at radius 3 is 2.76 bits per heavy atom. The zero-order valence-corrected chi connectivity index (χ0v) is 12.2. The van der Waals surface area contributed by atoms with Crippen molar-refractivity contribution in [2.24, 2.45) is 0 Å². The summed E-state index contributed by atoms with van der Waals surface area (Å²) < 4.78 is 0. The molecule has 0 spiro atoms. The summed E-state index contributed by atoms with van der Waals surface area (Å²) in [6, 6.07) is 10.3. The van der Waals surface area contributed by atoms with Crippen molar-refractivity contribution in [3.05, 3.63) is 57.1 Å². The number of hydrogen-bond acceptors (Lipinski definition) is 5. The smallest absolute Gasteiger partial charge is 0.311 e. The molecule has 1 heterocycles. The lowest BCUT2D eigenvalue weighted by Gasteiger charge is -2.09. The summed E-state index contributed by atoms with van der Waals surface area (Å²) in [6.45, 7) is 3.03. The fraction of sp³-hybridized carbons (Fsp3) is 0.214. The Bertz CT molecular complexity index is 649. The van der Waals surface area contributed by atoms with E-state index < -0.39 is 4.92 Å². The van der Waals surface area contributed by atoms with E-state index in [1.54, 1.807) is 18.2 Å². The van der Waals surface area contributed by atoms with Crippen molar-refractivity contribution >= 4 is 28.9 Å². The van der Waals surface area contributed by atoms with Crippen molar-refractivity contribution < 1.29 is 4.92 Å². The molecular weight excluding hydrogens is 292 g/mol. The summed E-state index contributed by atoms with van der Waals surface area (Å²) in [5.41, 5.74) is 0.867. The van der Waals surface area contributed by atoms with Crippen LogP contribution in [0.4, 0.5) is 17.3 Å². The highest BCUT2D eigenvalue weighted by Crippen LogP contribution is 2.24. The first kappa shape index (κ1) is 15.1. The standard InChI is InChI=1S/C14H15ClN4O2/c1-2-16-13-7-6-12(19(20)21)14(18-13)17-9-10-4-3-5-11(15)8-10/h3-8H,2,9H2,1H3,(H2,16,17,18). The van der Waals surface area contributed by atoms with Gasteiger partial charge < -0.3 is 10.6 Å². The molecule has 1 aromatic heterocycles. The third-order valence-corrected chi connectivity index (χ3v) is 3.01.